The Labute approximate surface area is 117 Å². The molecule has 1 N–H and O–H groups in total. The predicted octanol–water partition coefficient (Wildman–Crippen LogP) is 2.84. The van der Waals surface area contributed by atoms with Gasteiger partial charge in [-0.05, 0) is 39.0 Å². The van der Waals surface area contributed by atoms with Crippen molar-refractivity contribution in [2.75, 3.05) is 18.0 Å². The summed E-state index contributed by atoms with van der Waals surface area (Å²) < 4.78 is 5.32. The van der Waals surface area contributed by atoms with Crippen molar-refractivity contribution in [3.63, 3.8) is 0 Å². The molecule has 0 unspecified atom stereocenters. The maximum absolute atomic E-state index is 11.9. The van der Waals surface area contributed by atoms with Crippen LogP contribution in [0.15, 0.2) is 38.6 Å². The fourth-order valence-electron chi connectivity index (χ4n) is 2.19. The van der Waals surface area contributed by atoms with Crippen LogP contribution in [0.4, 0.5) is 5.69 Å². The van der Waals surface area contributed by atoms with Crippen LogP contribution in [0, 0.1) is 0 Å². The van der Waals surface area contributed by atoms with Crippen LogP contribution in [0.5, 0.6) is 0 Å². The summed E-state index contributed by atoms with van der Waals surface area (Å²) in [5.41, 5.74) is 1.58. The van der Waals surface area contributed by atoms with Crippen LogP contribution in [0.2, 0.25) is 0 Å². The smallest absolute Gasteiger partial charge is 0.345 e. The average Bonchev–Trinajstić information content (AvgIpc) is 2.47. The summed E-state index contributed by atoms with van der Waals surface area (Å²) in [7, 11) is 0. The van der Waals surface area contributed by atoms with E-state index in [1.54, 1.807) is 13.0 Å². The van der Waals surface area contributed by atoms with E-state index in [0.29, 0.717) is 5.58 Å². The molecule has 0 atom stereocenters. The minimum absolute atomic E-state index is 0.244. The first kappa shape index (κ1) is 14.1. The number of hydrogen-bond acceptors (Lipinski definition) is 5. The zero-order valence-corrected chi connectivity index (χ0v) is 11.9. The first-order valence-corrected chi connectivity index (χ1v) is 6.62. The van der Waals surface area contributed by atoms with Crippen molar-refractivity contribution in [1.82, 2.24) is 0 Å². The lowest BCUT2D eigenvalue weighted by Gasteiger charge is -2.20. The van der Waals surface area contributed by atoms with Crippen molar-refractivity contribution in [3.8, 4) is 0 Å². The Balaban J connectivity index is 2.58. The largest absolute Gasteiger partial charge is 0.422 e. The molecule has 106 valence electrons. The van der Waals surface area contributed by atoms with Gasteiger partial charge in [0.2, 0.25) is 0 Å². The summed E-state index contributed by atoms with van der Waals surface area (Å²) >= 11 is 0. The summed E-state index contributed by atoms with van der Waals surface area (Å²) in [4.78, 5) is 14.1. The highest BCUT2D eigenvalue weighted by molar-refractivity contribution is 6.00. The van der Waals surface area contributed by atoms with Crippen LogP contribution in [0.25, 0.3) is 11.0 Å². The zero-order chi connectivity index (χ0) is 14.7. The van der Waals surface area contributed by atoms with Crippen LogP contribution >= 0.6 is 0 Å². The second-order valence-electron chi connectivity index (χ2n) is 4.53. The molecule has 0 aliphatic carbocycles. The first-order valence-electron chi connectivity index (χ1n) is 6.62. The third-order valence-corrected chi connectivity index (χ3v) is 3.39. The molecule has 1 heterocycles. The molecule has 20 heavy (non-hydrogen) atoms. The average molecular weight is 274 g/mol. The number of fused-ring (bicyclic) bond motifs is 1. The van der Waals surface area contributed by atoms with Crippen molar-refractivity contribution in [2.45, 2.75) is 20.8 Å². The van der Waals surface area contributed by atoms with Gasteiger partial charge in [-0.15, -0.1) is 0 Å². The van der Waals surface area contributed by atoms with Gasteiger partial charge in [0.15, 0.2) is 0 Å². The van der Waals surface area contributed by atoms with Gasteiger partial charge >= 0.3 is 5.63 Å². The van der Waals surface area contributed by atoms with Gasteiger partial charge in [-0.1, -0.05) is 5.16 Å². The third kappa shape index (κ3) is 2.52. The predicted molar refractivity (Wildman–Crippen MR) is 80.0 cm³/mol. The molecule has 0 saturated heterocycles. The molecule has 0 amide bonds. The Morgan fingerprint density at radius 2 is 2.00 bits per heavy atom. The van der Waals surface area contributed by atoms with Gasteiger partial charge in [-0.25, -0.2) is 4.79 Å². The van der Waals surface area contributed by atoms with E-state index in [1.165, 1.54) is 0 Å². The van der Waals surface area contributed by atoms with Crippen LogP contribution in [0.3, 0.4) is 0 Å². The molecule has 0 fully saturated rings. The maximum atomic E-state index is 11.9. The Hall–Kier alpha value is -2.30. The summed E-state index contributed by atoms with van der Waals surface area (Å²) in [6.07, 6.45) is 0. The van der Waals surface area contributed by atoms with Gasteiger partial charge in [0.05, 0.1) is 11.3 Å². The van der Waals surface area contributed by atoms with E-state index < -0.39 is 5.63 Å². The van der Waals surface area contributed by atoms with Crippen LogP contribution in [-0.2, 0) is 0 Å². The summed E-state index contributed by atoms with van der Waals surface area (Å²) in [6.45, 7) is 7.49. The van der Waals surface area contributed by atoms with Crippen LogP contribution < -0.4 is 10.5 Å². The van der Waals surface area contributed by atoms with Crippen molar-refractivity contribution in [2.24, 2.45) is 5.16 Å². The van der Waals surface area contributed by atoms with Crippen molar-refractivity contribution < 1.29 is 9.62 Å². The number of nitrogens with zero attached hydrogens (tertiary/aromatic N) is 2. The van der Waals surface area contributed by atoms with Gasteiger partial charge in [0, 0.05) is 30.2 Å². The minimum atomic E-state index is -0.496. The lowest BCUT2D eigenvalue weighted by atomic mass is 10.1. The Kier molecular flexibility index (Phi) is 4.08. The highest BCUT2D eigenvalue weighted by Crippen LogP contribution is 2.22. The summed E-state index contributed by atoms with van der Waals surface area (Å²) in [5.74, 6) is 0. The van der Waals surface area contributed by atoms with E-state index in [4.69, 9.17) is 9.62 Å². The monoisotopic (exact) mass is 274 g/mol. The zero-order valence-electron chi connectivity index (χ0n) is 11.9. The van der Waals surface area contributed by atoms with Crippen molar-refractivity contribution in [1.29, 1.82) is 0 Å². The molecule has 1 aromatic heterocycles. The molecule has 0 saturated carbocycles. The molecule has 0 radical (unpaired) electrons. The SMILES string of the molecule is CCN(CC)c1ccc2cc(/C(C)=N/O)c(=O)oc2c1. The van der Waals surface area contributed by atoms with Gasteiger partial charge in [0.1, 0.15) is 5.58 Å². The Morgan fingerprint density at radius 1 is 1.30 bits per heavy atom. The van der Waals surface area contributed by atoms with E-state index >= 15 is 0 Å². The second-order valence-corrected chi connectivity index (χ2v) is 4.53. The fraction of sp³-hybridized carbons (Fsp3) is 0.333. The maximum Gasteiger partial charge on any atom is 0.345 e. The lowest BCUT2D eigenvalue weighted by Crippen LogP contribution is -2.21. The van der Waals surface area contributed by atoms with Crippen molar-refractivity contribution >= 4 is 22.4 Å². The van der Waals surface area contributed by atoms with Crippen LogP contribution in [-0.4, -0.2) is 24.0 Å². The summed E-state index contributed by atoms with van der Waals surface area (Å²) in [6, 6.07) is 7.44. The third-order valence-electron chi connectivity index (χ3n) is 3.39. The number of oxime groups is 1. The standard InChI is InChI=1S/C15H18N2O3/c1-4-17(5-2)12-7-6-11-8-13(10(3)16-19)15(18)20-14(11)9-12/h6-9,19H,4-5H2,1-3H3/b16-10+. The number of benzene rings is 1. The minimum Gasteiger partial charge on any atom is -0.422 e. The van der Waals surface area contributed by atoms with E-state index in [9.17, 15) is 4.79 Å². The van der Waals surface area contributed by atoms with Gasteiger partial charge in [0.25, 0.3) is 0 Å². The molecule has 0 spiro atoms. The Bertz CT molecular complexity index is 700. The van der Waals surface area contributed by atoms with E-state index in [0.717, 1.165) is 24.2 Å². The van der Waals surface area contributed by atoms with Crippen molar-refractivity contribution in [3.05, 3.63) is 40.2 Å². The molecule has 0 bridgehead atoms. The number of rotatable bonds is 4. The molecule has 0 aliphatic heterocycles. The van der Waals surface area contributed by atoms with E-state index in [1.807, 2.05) is 18.2 Å². The quantitative estimate of drug-likeness (QED) is 0.403. The van der Waals surface area contributed by atoms with E-state index in [-0.39, 0.29) is 11.3 Å². The lowest BCUT2D eigenvalue weighted by molar-refractivity contribution is 0.319. The molecule has 5 nitrogen and oxygen atoms in total. The molecule has 2 rings (SSSR count). The molecule has 5 heteroatoms. The molecular formula is C15H18N2O3. The Morgan fingerprint density at radius 3 is 2.60 bits per heavy atom. The fourth-order valence-corrected chi connectivity index (χ4v) is 2.19. The highest BCUT2D eigenvalue weighted by atomic mass is 16.4. The van der Waals surface area contributed by atoms with Gasteiger partial charge in [-0.3, -0.25) is 0 Å². The number of anilines is 1. The molecule has 0 aliphatic rings. The molecule has 2 aromatic rings. The highest BCUT2D eigenvalue weighted by Gasteiger charge is 2.10. The van der Waals surface area contributed by atoms with Crippen LogP contribution in [0.1, 0.15) is 26.3 Å². The normalized spacial score (nSPS) is 11.8. The summed E-state index contributed by atoms with van der Waals surface area (Å²) in [5, 5.41) is 12.6. The topological polar surface area (TPSA) is 66.0 Å². The number of hydrogen-bond donors (Lipinski definition) is 1. The second kappa shape index (κ2) is 5.77. The molecule has 1 aromatic carbocycles. The van der Waals surface area contributed by atoms with Gasteiger partial charge < -0.3 is 14.5 Å². The first-order chi connectivity index (χ1) is 9.60. The molecular weight excluding hydrogens is 256 g/mol. The van der Waals surface area contributed by atoms with E-state index in [2.05, 4.69) is 23.9 Å². The van der Waals surface area contributed by atoms with Gasteiger partial charge in [-0.2, -0.15) is 0 Å².